The lowest BCUT2D eigenvalue weighted by atomic mass is 9.98. The molecule has 29 heavy (non-hydrogen) atoms. The summed E-state index contributed by atoms with van der Waals surface area (Å²) >= 11 is 0. The third kappa shape index (κ3) is 5.26. The van der Waals surface area contributed by atoms with E-state index < -0.39 is 5.97 Å². The molecule has 10 nitrogen and oxygen atoms in total. The van der Waals surface area contributed by atoms with E-state index >= 15 is 0 Å². The average molecular weight is 406 g/mol. The summed E-state index contributed by atoms with van der Waals surface area (Å²) in [5.74, 6) is -0.787. The largest absolute Gasteiger partial charge is 0.481 e. The quantitative estimate of drug-likeness (QED) is 0.504. The van der Waals surface area contributed by atoms with Gasteiger partial charge in [0.15, 0.2) is 11.5 Å². The van der Waals surface area contributed by atoms with Crippen LogP contribution in [-0.2, 0) is 11.3 Å². The summed E-state index contributed by atoms with van der Waals surface area (Å²) in [6.45, 7) is 5.42. The highest BCUT2D eigenvalue weighted by Gasteiger charge is 2.24. The van der Waals surface area contributed by atoms with Crippen LogP contribution in [0.4, 0.5) is 5.82 Å². The van der Waals surface area contributed by atoms with Crippen LogP contribution in [0, 0.1) is 5.92 Å². The second-order valence-corrected chi connectivity index (χ2v) is 7.56. The minimum atomic E-state index is -0.714. The number of fused-ring (bicyclic) bond motifs is 1. The molecule has 0 amide bonds. The number of imidazole rings is 1. The summed E-state index contributed by atoms with van der Waals surface area (Å²) in [7, 11) is 0. The summed E-state index contributed by atoms with van der Waals surface area (Å²) in [6, 6.07) is 0.184. The van der Waals surface area contributed by atoms with Gasteiger partial charge in [0.25, 0.3) is 0 Å². The number of anilines is 1. The van der Waals surface area contributed by atoms with Gasteiger partial charge in [0.1, 0.15) is 5.52 Å². The average Bonchev–Trinajstić information content (AvgIpc) is 3.02. The Hall–Kier alpha value is -2.62. The molecule has 1 unspecified atom stereocenters. The second kappa shape index (κ2) is 9.73. The number of aliphatic carboxylic acids is 1. The Morgan fingerprint density at radius 3 is 2.86 bits per heavy atom. The summed E-state index contributed by atoms with van der Waals surface area (Å²) in [4.78, 5) is 36.9. The molecule has 0 radical (unpaired) electrons. The van der Waals surface area contributed by atoms with Gasteiger partial charge < -0.3 is 25.5 Å². The van der Waals surface area contributed by atoms with Crippen LogP contribution in [0.5, 0.6) is 6.01 Å². The number of likely N-dealkylation sites (tertiary alicyclic amines) is 1. The second-order valence-electron chi connectivity index (χ2n) is 7.56. The molecule has 1 aliphatic rings. The molecule has 3 heterocycles. The number of nitrogen functional groups attached to an aromatic ring is 1. The van der Waals surface area contributed by atoms with Crippen molar-refractivity contribution >= 4 is 23.0 Å². The zero-order valence-electron chi connectivity index (χ0n) is 16.9. The summed E-state index contributed by atoms with van der Waals surface area (Å²) < 4.78 is 7.11. The first-order chi connectivity index (χ1) is 14.0. The van der Waals surface area contributed by atoms with Gasteiger partial charge in [0.05, 0.1) is 12.5 Å². The van der Waals surface area contributed by atoms with Crippen molar-refractivity contribution in [1.29, 1.82) is 0 Å². The molecule has 1 fully saturated rings. The Balaban J connectivity index is 1.60. The van der Waals surface area contributed by atoms with Crippen LogP contribution in [0.25, 0.3) is 11.2 Å². The maximum atomic E-state index is 12.3. The topological polar surface area (TPSA) is 139 Å². The highest BCUT2D eigenvalue weighted by molar-refractivity contribution is 5.81. The van der Waals surface area contributed by atoms with E-state index in [0.29, 0.717) is 30.9 Å². The van der Waals surface area contributed by atoms with Gasteiger partial charge in [-0.2, -0.15) is 9.97 Å². The molecular weight excluding hydrogens is 376 g/mol. The van der Waals surface area contributed by atoms with E-state index in [-0.39, 0.29) is 23.4 Å². The fourth-order valence-electron chi connectivity index (χ4n) is 3.68. The van der Waals surface area contributed by atoms with E-state index in [1.54, 1.807) is 4.57 Å². The smallest absolute Gasteiger partial charge is 0.327 e. The van der Waals surface area contributed by atoms with E-state index in [9.17, 15) is 14.7 Å². The Morgan fingerprint density at radius 2 is 2.10 bits per heavy atom. The summed E-state index contributed by atoms with van der Waals surface area (Å²) in [5, 5.41) is 9.20. The van der Waals surface area contributed by atoms with E-state index in [4.69, 9.17) is 10.5 Å². The van der Waals surface area contributed by atoms with Crippen LogP contribution in [0.1, 0.15) is 45.4 Å². The first-order valence-corrected chi connectivity index (χ1v) is 10.3. The molecule has 0 spiro atoms. The SMILES string of the molecule is CCCCOc1nc(N)c2[nH]c(=O)n(CCCCN3CCCC(C(=O)O)C3)c2n1. The van der Waals surface area contributed by atoms with Gasteiger partial charge in [-0.05, 0) is 45.2 Å². The molecule has 4 N–H and O–H groups in total. The zero-order chi connectivity index (χ0) is 20.8. The van der Waals surface area contributed by atoms with E-state index in [1.165, 1.54) is 0 Å². The molecule has 0 bridgehead atoms. The molecule has 1 aliphatic heterocycles. The predicted octanol–water partition coefficient (Wildman–Crippen LogP) is 1.46. The molecule has 1 saturated heterocycles. The number of ether oxygens (including phenoxy) is 1. The third-order valence-corrected chi connectivity index (χ3v) is 5.32. The lowest BCUT2D eigenvalue weighted by Crippen LogP contribution is -2.39. The molecule has 160 valence electrons. The Labute approximate surface area is 169 Å². The van der Waals surface area contributed by atoms with Crippen LogP contribution in [-0.4, -0.2) is 61.7 Å². The monoisotopic (exact) mass is 406 g/mol. The molecule has 3 rings (SSSR count). The number of unbranched alkanes of at least 4 members (excludes halogenated alkanes) is 2. The fraction of sp³-hybridized carbons (Fsp3) is 0.684. The number of aromatic nitrogens is 4. The number of nitrogens with one attached hydrogen (secondary N) is 1. The number of nitrogens with two attached hydrogens (primary N) is 1. The Bertz CT molecular complexity index is 893. The number of piperidine rings is 1. The fourth-order valence-corrected chi connectivity index (χ4v) is 3.68. The maximum absolute atomic E-state index is 12.3. The van der Waals surface area contributed by atoms with Crippen molar-refractivity contribution in [3.63, 3.8) is 0 Å². The molecule has 2 aromatic heterocycles. The van der Waals surface area contributed by atoms with E-state index in [1.807, 2.05) is 0 Å². The Morgan fingerprint density at radius 1 is 1.31 bits per heavy atom. The number of aryl methyl sites for hydroxylation is 1. The van der Waals surface area contributed by atoms with Gasteiger partial charge in [-0.1, -0.05) is 13.3 Å². The van der Waals surface area contributed by atoms with E-state index in [2.05, 4.69) is 26.8 Å². The van der Waals surface area contributed by atoms with Crippen LogP contribution < -0.4 is 16.2 Å². The van der Waals surface area contributed by atoms with Gasteiger partial charge in [0, 0.05) is 13.1 Å². The van der Waals surface area contributed by atoms with Gasteiger partial charge in [-0.25, -0.2) is 4.79 Å². The van der Waals surface area contributed by atoms with Gasteiger partial charge >= 0.3 is 17.7 Å². The molecule has 0 saturated carbocycles. The lowest BCUT2D eigenvalue weighted by molar-refractivity contribution is -0.143. The molecule has 10 heteroatoms. The summed E-state index contributed by atoms with van der Waals surface area (Å²) in [5.41, 5.74) is 6.58. The number of hydrogen-bond acceptors (Lipinski definition) is 7. The van der Waals surface area contributed by atoms with Crippen molar-refractivity contribution in [3.05, 3.63) is 10.5 Å². The predicted molar refractivity (Wildman–Crippen MR) is 109 cm³/mol. The van der Waals surface area contributed by atoms with Crippen LogP contribution in [0.15, 0.2) is 4.79 Å². The number of carbonyl (C=O) groups is 1. The third-order valence-electron chi connectivity index (χ3n) is 5.32. The van der Waals surface area contributed by atoms with Crippen molar-refractivity contribution in [3.8, 4) is 6.01 Å². The van der Waals surface area contributed by atoms with Gasteiger partial charge in [0.2, 0.25) is 0 Å². The van der Waals surface area contributed by atoms with Crippen LogP contribution in [0.3, 0.4) is 0 Å². The Kier molecular flexibility index (Phi) is 7.08. The molecule has 2 aromatic rings. The van der Waals surface area contributed by atoms with Crippen molar-refractivity contribution in [2.75, 3.05) is 32.0 Å². The number of aromatic amines is 1. The van der Waals surface area contributed by atoms with Crippen LogP contribution >= 0.6 is 0 Å². The highest BCUT2D eigenvalue weighted by atomic mass is 16.5. The molecular formula is C19H30N6O4. The number of carboxylic acid groups (broad SMARTS) is 1. The maximum Gasteiger partial charge on any atom is 0.327 e. The minimum absolute atomic E-state index is 0.184. The van der Waals surface area contributed by atoms with Crippen molar-refractivity contribution < 1.29 is 14.6 Å². The number of carboxylic acids is 1. The first kappa shape index (κ1) is 21.1. The molecule has 1 atom stereocenters. The van der Waals surface area contributed by atoms with Crippen molar-refractivity contribution in [1.82, 2.24) is 24.4 Å². The minimum Gasteiger partial charge on any atom is -0.481 e. The number of rotatable bonds is 10. The van der Waals surface area contributed by atoms with Gasteiger partial charge in [-0.3, -0.25) is 9.36 Å². The zero-order valence-corrected chi connectivity index (χ0v) is 16.9. The molecule has 0 aliphatic carbocycles. The summed E-state index contributed by atoms with van der Waals surface area (Å²) in [6.07, 6.45) is 5.19. The van der Waals surface area contributed by atoms with Crippen LogP contribution in [0.2, 0.25) is 0 Å². The van der Waals surface area contributed by atoms with E-state index in [0.717, 1.165) is 51.6 Å². The first-order valence-electron chi connectivity index (χ1n) is 10.3. The van der Waals surface area contributed by atoms with Gasteiger partial charge in [-0.15, -0.1) is 0 Å². The number of H-pyrrole nitrogens is 1. The van der Waals surface area contributed by atoms with Crippen molar-refractivity contribution in [2.24, 2.45) is 5.92 Å². The molecule has 0 aromatic carbocycles. The highest BCUT2D eigenvalue weighted by Crippen LogP contribution is 2.19. The lowest BCUT2D eigenvalue weighted by Gasteiger charge is -2.30. The number of nitrogens with zero attached hydrogens (tertiary/aromatic N) is 4. The number of hydrogen-bond donors (Lipinski definition) is 3. The normalized spacial score (nSPS) is 17.6. The van der Waals surface area contributed by atoms with Crippen molar-refractivity contribution in [2.45, 2.75) is 52.0 Å². The standard InChI is InChI=1S/C19H30N6O4/c1-2-3-11-29-18-22-15(20)14-16(23-18)25(19(28)21-14)10-5-4-8-24-9-6-7-13(12-24)17(26)27/h13H,2-12H2,1H3,(H,21,28)(H,26,27)(H2,20,22,23).